The Morgan fingerprint density at radius 3 is 2.85 bits per heavy atom. The zero-order chi connectivity index (χ0) is 23.2. The molecule has 0 unspecified atom stereocenters. The number of aryl methyl sites for hydroxylation is 1. The molecule has 1 aliphatic carbocycles. The molecule has 0 spiro atoms. The van der Waals surface area contributed by atoms with E-state index in [1.54, 1.807) is 24.5 Å². The number of ether oxygens (including phenoxy) is 1. The first kappa shape index (κ1) is 20.5. The van der Waals surface area contributed by atoms with Crippen LogP contribution in [-0.4, -0.2) is 20.6 Å². The van der Waals surface area contributed by atoms with Gasteiger partial charge in [0, 0.05) is 35.7 Å². The first-order valence-corrected chi connectivity index (χ1v) is 11.1. The molecule has 0 saturated heterocycles. The Balaban J connectivity index is 1.70. The topological polar surface area (TPSA) is 93.5 Å². The molecule has 2 atom stereocenters. The van der Waals surface area contributed by atoms with E-state index < -0.39 is 11.6 Å². The van der Waals surface area contributed by atoms with Crippen molar-refractivity contribution in [1.82, 2.24) is 14.9 Å². The molecule has 33 heavy (non-hydrogen) atoms. The van der Waals surface area contributed by atoms with Crippen molar-refractivity contribution in [3.05, 3.63) is 68.7 Å². The average Bonchev–Trinajstić information content (AvgIpc) is 3.18. The Kier molecular flexibility index (Phi) is 4.17. The summed E-state index contributed by atoms with van der Waals surface area (Å²) in [7, 11) is 5.90. The fraction of sp³-hybridized carbons (Fsp3) is 0.360. The van der Waals surface area contributed by atoms with Crippen molar-refractivity contribution in [3.8, 4) is 11.4 Å². The SMILES string of the molecule is [CH]N[C@H]1CCc2c(C)c(F)cc3nc4c(c1c23)Cn1c-4cc2c(c1=O)COC(=O)[C@]2(O)CC. The number of carbonyl (C=O) groups is 1. The van der Waals surface area contributed by atoms with Crippen molar-refractivity contribution in [3.63, 3.8) is 0 Å². The molecule has 2 radical (unpaired) electrons. The van der Waals surface area contributed by atoms with Gasteiger partial charge < -0.3 is 19.7 Å². The second-order valence-corrected chi connectivity index (χ2v) is 9.07. The number of esters is 1. The maximum atomic E-state index is 14.7. The maximum absolute atomic E-state index is 14.7. The highest BCUT2D eigenvalue weighted by Crippen LogP contribution is 2.45. The van der Waals surface area contributed by atoms with E-state index in [0.29, 0.717) is 35.3 Å². The van der Waals surface area contributed by atoms with E-state index in [0.717, 1.165) is 22.1 Å². The van der Waals surface area contributed by atoms with Crippen molar-refractivity contribution in [2.45, 2.75) is 57.9 Å². The van der Waals surface area contributed by atoms with Crippen LogP contribution in [0.4, 0.5) is 4.39 Å². The second-order valence-electron chi connectivity index (χ2n) is 9.07. The molecule has 0 fully saturated rings. The van der Waals surface area contributed by atoms with Crippen molar-refractivity contribution in [2.24, 2.45) is 0 Å². The summed E-state index contributed by atoms with van der Waals surface area (Å²) in [5, 5.41) is 14.8. The van der Waals surface area contributed by atoms with E-state index in [4.69, 9.17) is 16.8 Å². The number of pyridine rings is 2. The summed E-state index contributed by atoms with van der Waals surface area (Å²) in [6, 6.07) is 2.92. The summed E-state index contributed by atoms with van der Waals surface area (Å²) in [5.74, 6) is -1.09. The maximum Gasteiger partial charge on any atom is 0.343 e. The monoisotopic (exact) mass is 447 g/mol. The van der Waals surface area contributed by atoms with Crippen LogP contribution in [0.3, 0.4) is 0 Å². The van der Waals surface area contributed by atoms with Gasteiger partial charge in [-0.15, -0.1) is 0 Å². The quantitative estimate of drug-likeness (QED) is 0.363. The lowest BCUT2D eigenvalue weighted by molar-refractivity contribution is -0.172. The predicted octanol–water partition coefficient (Wildman–Crippen LogP) is 2.77. The molecule has 6 rings (SSSR count). The van der Waals surface area contributed by atoms with Gasteiger partial charge in [0.05, 0.1) is 29.0 Å². The molecule has 2 aromatic heterocycles. The molecule has 1 aromatic carbocycles. The molecule has 2 N–H and O–H groups in total. The number of benzene rings is 1. The Bertz CT molecular complexity index is 1460. The molecule has 3 aromatic rings. The minimum atomic E-state index is -1.89. The molecular formula is C25H22FN3O4. The largest absolute Gasteiger partial charge is 0.458 e. The summed E-state index contributed by atoms with van der Waals surface area (Å²) >= 11 is 0. The number of hydrogen-bond acceptors (Lipinski definition) is 6. The van der Waals surface area contributed by atoms with E-state index in [1.165, 1.54) is 6.07 Å². The molecule has 168 valence electrons. The fourth-order valence-corrected chi connectivity index (χ4v) is 5.72. The Hall–Kier alpha value is -3.10. The van der Waals surface area contributed by atoms with Gasteiger partial charge in [-0.25, -0.2) is 14.2 Å². The van der Waals surface area contributed by atoms with Crippen LogP contribution in [0, 0.1) is 19.8 Å². The van der Waals surface area contributed by atoms with Crippen LogP contribution in [0.1, 0.15) is 59.2 Å². The first-order chi connectivity index (χ1) is 15.8. The molecular weight excluding hydrogens is 425 g/mol. The van der Waals surface area contributed by atoms with Crippen LogP contribution in [0.5, 0.6) is 0 Å². The summed E-state index contributed by atoms with van der Waals surface area (Å²) in [5.41, 5.74) is 3.16. The Morgan fingerprint density at radius 1 is 1.33 bits per heavy atom. The molecule has 0 bridgehead atoms. The van der Waals surface area contributed by atoms with Crippen molar-refractivity contribution >= 4 is 16.9 Å². The van der Waals surface area contributed by atoms with E-state index in [2.05, 4.69) is 5.32 Å². The number of hydrogen-bond donors (Lipinski definition) is 2. The van der Waals surface area contributed by atoms with Crippen molar-refractivity contribution in [1.29, 1.82) is 0 Å². The summed E-state index contributed by atoms with van der Waals surface area (Å²) in [4.78, 5) is 30.6. The Morgan fingerprint density at radius 2 is 2.12 bits per heavy atom. The number of fused-ring (bicyclic) bond motifs is 5. The average molecular weight is 447 g/mol. The third-order valence-electron chi connectivity index (χ3n) is 7.58. The molecule has 0 saturated carbocycles. The zero-order valence-corrected chi connectivity index (χ0v) is 18.3. The van der Waals surface area contributed by atoms with E-state index in [-0.39, 0.29) is 48.1 Å². The van der Waals surface area contributed by atoms with Crippen LogP contribution in [0.2, 0.25) is 0 Å². The zero-order valence-electron chi connectivity index (χ0n) is 18.3. The Labute approximate surface area is 189 Å². The summed E-state index contributed by atoms with van der Waals surface area (Å²) in [6.07, 6.45) is 1.43. The van der Waals surface area contributed by atoms with Crippen LogP contribution in [0.15, 0.2) is 16.9 Å². The summed E-state index contributed by atoms with van der Waals surface area (Å²) in [6.45, 7) is 3.53. The van der Waals surface area contributed by atoms with Gasteiger partial charge in [-0.2, -0.15) is 0 Å². The van der Waals surface area contributed by atoms with Gasteiger partial charge in [0.2, 0.25) is 0 Å². The number of nitrogens with one attached hydrogen (secondary N) is 1. The van der Waals surface area contributed by atoms with Gasteiger partial charge in [0.25, 0.3) is 5.56 Å². The third-order valence-corrected chi connectivity index (χ3v) is 7.58. The third kappa shape index (κ3) is 2.48. The van der Waals surface area contributed by atoms with Crippen molar-refractivity contribution < 1.29 is 19.0 Å². The van der Waals surface area contributed by atoms with E-state index >= 15 is 0 Å². The smallest absolute Gasteiger partial charge is 0.343 e. The van der Waals surface area contributed by atoms with Gasteiger partial charge in [-0.05, 0) is 48.9 Å². The predicted molar refractivity (Wildman–Crippen MR) is 118 cm³/mol. The summed E-state index contributed by atoms with van der Waals surface area (Å²) < 4.78 is 21.5. The standard InChI is InChI=1S/C25H22FN3O4/c1-4-25(32)15-7-19-22-13(9-29(19)23(30)14(15)10-33-24(25)31)21-17(27-3)6-5-12-11(2)16(26)8-18(28-22)20(12)21/h3,7-8,17,27,32H,4-6,9-10H2,1-2H3/t17-,25-/m0/s1. The molecule has 2 aliphatic heterocycles. The van der Waals surface area contributed by atoms with Gasteiger partial charge in [-0.1, -0.05) is 6.92 Å². The molecule has 0 amide bonds. The van der Waals surface area contributed by atoms with E-state index in [9.17, 15) is 19.1 Å². The number of nitrogens with zero attached hydrogens (tertiary/aromatic N) is 2. The van der Waals surface area contributed by atoms with Gasteiger partial charge in [0.1, 0.15) is 12.4 Å². The van der Waals surface area contributed by atoms with Crippen LogP contribution < -0.4 is 10.9 Å². The minimum Gasteiger partial charge on any atom is -0.458 e. The lowest BCUT2D eigenvalue weighted by Gasteiger charge is -2.31. The highest BCUT2D eigenvalue weighted by atomic mass is 19.1. The van der Waals surface area contributed by atoms with Gasteiger partial charge in [0.15, 0.2) is 5.60 Å². The number of cyclic esters (lactones) is 1. The van der Waals surface area contributed by atoms with Gasteiger partial charge >= 0.3 is 5.97 Å². The molecule has 8 heteroatoms. The lowest BCUT2D eigenvalue weighted by atomic mass is 9.81. The van der Waals surface area contributed by atoms with Crippen LogP contribution >= 0.6 is 0 Å². The number of aliphatic hydroxyl groups is 1. The highest BCUT2D eigenvalue weighted by Gasteiger charge is 2.45. The number of rotatable bonds is 2. The first-order valence-electron chi connectivity index (χ1n) is 11.1. The lowest BCUT2D eigenvalue weighted by Crippen LogP contribution is -2.44. The molecule has 4 heterocycles. The van der Waals surface area contributed by atoms with E-state index in [1.807, 2.05) is 0 Å². The highest BCUT2D eigenvalue weighted by molar-refractivity contribution is 5.93. The van der Waals surface area contributed by atoms with Crippen molar-refractivity contribution in [2.75, 3.05) is 0 Å². The number of aromatic nitrogens is 2. The fourth-order valence-electron chi connectivity index (χ4n) is 5.72. The molecule has 3 aliphatic rings. The normalized spacial score (nSPS) is 22.7. The molecule has 7 nitrogen and oxygen atoms in total. The number of halogens is 1. The van der Waals surface area contributed by atoms with Crippen LogP contribution in [0.25, 0.3) is 22.3 Å². The van der Waals surface area contributed by atoms with Gasteiger partial charge in [-0.3, -0.25) is 4.79 Å². The number of carbonyl (C=O) groups excluding carboxylic acids is 1. The minimum absolute atomic E-state index is 0.0675. The second kappa shape index (κ2) is 6.71. The van der Waals surface area contributed by atoms with Crippen LogP contribution in [-0.2, 0) is 34.7 Å².